The van der Waals surface area contributed by atoms with E-state index in [1.54, 1.807) is 12.1 Å². The van der Waals surface area contributed by atoms with Crippen LogP contribution in [0.2, 0.25) is 0 Å². The molecular formula is C20H24N2O2+2. The summed E-state index contributed by atoms with van der Waals surface area (Å²) in [5, 5.41) is 15.8. The molecule has 0 amide bonds. The SMILES string of the molecule is [OH2+]c1ccccc1C=N[C@H]1CCCC[C@@H]1N=Cc1ccccc1[OH2+]. The van der Waals surface area contributed by atoms with E-state index in [1.165, 1.54) is 12.8 Å². The molecule has 3 rings (SSSR count). The Morgan fingerprint density at radius 1 is 0.708 bits per heavy atom. The van der Waals surface area contributed by atoms with Gasteiger partial charge in [-0.05, 0) is 25.0 Å². The van der Waals surface area contributed by atoms with Crippen molar-refractivity contribution in [3.8, 4) is 11.5 Å². The molecule has 0 saturated heterocycles. The Balaban J connectivity index is 1.74. The third-order valence-electron chi connectivity index (χ3n) is 4.43. The average molecular weight is 324 g/mol. The van der Waals surface area contributed by atoms with Crippen molar-refractivity contribution in [2.24, 2.45) is 9.98 Å². The highest BCUT2D eigenvalue weighted by Gasteiger charge is 2.23. The van der Waals surface area contributed by atoms with Crippen molar-refractivity contribution in [2.75, 3.05) is 0 Å². The quantitative estimate of drug-likeness (QED) is 0.611. The van der Waals surface area contributed by atoms with E-state index in [2.05, 4.69) is 0 Å². The molecule has 1 aliphatic carbocycles. The number of para-hydroxylation sites is 2. The highest BCUT2D eigenvalue weighted by Crippen LogP contribution is 2.25. The van der Waals surface area contributed by atoms with Gasteiger partial charge in [-0.15, -0.1) is 0 Å². The van der Waals surface area contributed by atoms with Crippen LogP contribution in [0, 0.1) is 0 Å². The summed E-state index contributed by atoms with van der Waals surface area (Å²) in [6, 6.07) is 15.3. The van der Waals surface area contributed by atoms with Gasteiger partial charge in [0.05, 0.1) is 23.2 Å². The Kier molecular flexibility index (Phi) is 5.26. The van der Waals surface area contributed by atoms with E-state index in [-0.39, 0.29) is 12.1 Å². The molecule has 4 nitrogen and oxygen atoms in total. The highest BCUT2D eigenvalue weighted by molar-refractivity contribution is 5.84. The van der Waals surface area contributed by atoms with E-state index in [0.717, 1.165) is 24.0 Å². The Bertz CT molecular complexity index is 676. The van der Waals surface area contributed by atoms with Crippen molar-refractivity contribution >= 4 is 12.4 Å². The minimum Gasteiger partial charge on any atom is -0.593 e. The van der Waals surface area contributed by atoms with Gasteiger partial charge in [-0.2, -0.15) is 0 Å². The lowest BCUT2D eigenvalue weighted by molar-refractivity contribution is 0.390. The third-order valence-corrected chi connectivity index (χ3v) is 4.43. The van der Waals surface area contributed by atoms with Gasteiger partial charge in [-0.1, -0.05) is 37.1 Å². The van der Waals surface area contributed by atoms with Crippen molar-refractivity contribution in [1.82, 2.24) is 0 Å². The fourth-order valence-corrected chi connectivity index (χ4v) is 3.01. The number of benzene rings is 2. The van der Waals surface area contributed by atoms with Crippen LogP contribution in [0.4, 0.5) is 0 Å². The van der Waals surface area contributed by atoms with Gasteiger partial charge < -0.3 is 10.2 Å². The molecule has 2 aromatic carbocycles. The van der Waals surface area contributed by atoms with Gasteiger partial charge in [-0.25, -0.2) is 0 Å². The molecule has 0 radical (unpaired) electrons. The van der Waals surface area contributed by atoms with E-state index in [4.69, 9.17) is 20.2 Å². The summed E-state index contributed by atoms with van der Waals surface area (Å²) in [6.07, 6.45) is 8.04. The fourth-order valence-electron chi connectivity index (χ4n) is 3.01. The Labute approximate surface area is 142 Å². The van der Waals surface area contributed by atoms with Crippen molar-refractivity contribution in [1.29, 1.82) is 0 Å². The number of hydrogen-bond acceptors (Lipinski definition) is 2. The zero-order valence-corrected chi connectivity index (χ0v) is 13.7. The monoisotopic (exact) mass is 324 g/mol. The molecule has 1 aliphatic rings. The lowest BCUT2D eigenvalue weighted by atomic mass is 9.91. The molecule has 0 unspecified atom stereocenters. The zero-order valence-electron chi connectivity index (χ0n) is 13.7. The lowest BCUT2D eigenvalue weighted by Crippen LogP contribution is -2.27. The van der Waals surface area contributed by atoms with Crippen LogP contribution >= 0.6 is 0 Å². The van der Waals surface area contributed by atoms with Gasteiger partial charge in [-0.3, -0.25) is 9.98 Å². The molecule has 2 atom stereocenters. The van der Waals surface area contributed by atoms with Crippen LogP contribution < -0.4 is 0 Å². The second-order valence-electron chi connectivity index (χ2n) is 6.15. The third kappa shape index (κ3) is 4.02. The first-order chi connectivity index (χ1) is 11.7. The summed E-state index contributed by atoms with van der Waals surface area (Å²) in [7, 11) is 0. The van der Waals surface area contributed by atoms with E-state index < -0.39 is 0 Å². The smallest absolute Gasteiger partial charge is 0.262 e. The molecule has 2 aromatic rings. The summed E-state index contributed by atoms with van der Waals surface area (Å²) >= 11 is 0. The molecule has 0 spiro atoms. The molecule has 24 heavy (non-hydrogen) atoms. The largest absolute Gasteiger partial charge is 0.593 e. The van der Waals surface area contributed by atoms with Crippen LogP contribution in [0.1, 0.15) is 36.8 Å². The first-order valence-corrected chi connectivity index (χ1v) is 8.41. The minimum absolute atomic E-state index is 0.160. The molecule has 1 saturated carbocycles. The van der Waals surface area contributed by atoms with Gasteiger partial charge in [0.15, 0.2) is 0 Å². The maximum atomic E-state index is 7.91. The lowest BCUT2D eigenvalue weighted by Gasteiger charge is -2.25. The van der Waals surface area contributed by atoms with Gasteiger partial charge in [0.1, 0.15) is 0 Å². The Hall–Kier alpha value is -2.62. The standard InChI is InChI=1S/C20H22N2O2/c23-19-11-5-1-7-15(19)13-21-17-9-3-4-10-18(17)22-14-16-8-2-6-12-20(16)24/h1-2,5-8,11-14,17-18,23-24H,3-4,9-10H2/p+2/t17-,18-/m0/s1. The molecule has 124 valence electrons. The van der Waals surface area contributed by atoms with Crippen molar-refractivity contribution in [3.05, 3.63) is 59.7 Å². The number of aliphatic imine (C=N–C) groups is 2. The average Bonchev–Trinajstić information content (AvgIpc) is 2.61. The predicted octanol–water partition coefficient (Wildman–Crippen LogP) is 3.41. The van der Waals surface area contributed by atoms with Crippen LogP contribution in [-0.2, 0) is 0 Å². The number of nitrogens with zero attached hydrogens (tertiary/aromatic N) is 2. The first-order valence-electron chi connectivity index (χ1n) is 8.41. The number of rotatable bonds is 4. The summed E-state index contributed by atoms with van der Waals surface area (Å²) in [6.45, 7) is 0. The minimum atomic E-state index is 0.160. The van der Waals surface area contributed by atoms with Crippen LogP contribution in [0.5, 0.6) is 11.5 Å². The highest BCUT2D eigenvalue weighted by atomic mass is 16.3. The summed E-state index contributed by atoms with van der Waals surface area (Å²) in [5.41, 5.74) is 1.70. The molecule has 0 aromatic heterocycles. The van der Waals surface area contributed by atoms with Crippen molar-refractivity contribution in [2.45, 2.75) is 37.8 Å². The van der Waals surface area contributed by atoms with E-state index >= 15 is 0 Å². The van der Waals surface area contributed by atoms with Crippen LogP contribution in [0.25, 0.3) is 0 Å². The van der Waals surface area contributed by atoms with Crippen molar-refractivity contribution in [3.63, 3.8) is 0 Å². The molecule has 0 bridgehead atoms. The Morgan fingerprint density at radius 2 is 1.12 bits per heavy atom. The van der Waals surface area contributed by atoms with Gasteiger partial charge in [0.2, 0.25) is 0 Å². The van der Waals surface area contributed by atoms with Crippen LogP contribution in [0.3, 0.4) is 0 Å². The Morgan fingerprint density at radius 3 is 1.54 bits per heavy atom. The van der Waals surface area contributed by atoms with Crippen LogP contribution in [0.15, 0.2) is 58.5 Å². The molecule has 1 fully saturated rings. The fraction of sp³-hybridized carbons (Fsp3) is 0.300. The van der Waals surface area contributed by atoms with Gasteiger partial charge in [0.25, 0.3) is 11.5 Å². The molecule has 4 N–H and O–H groups in total. The van der Waals surface area contributed by atoms with Crippen LogP contribution in [-0.4, -0.2) is 34.7 Å². The second-order valence-corrected chi connectivity index (χ2v) is 6.15. The summed E-state index contributed by atoms with van der Waals surface area (Å²) in [5.74, 6) is 1.00. The van der Waals surface area contributed by atoms with Gasteiger partial charge in [0, 0.05) is 24.6 Å². The number of hydrogen-bond donors (Lipinski definition) is 0. The maximum absolute atomic E-state index is 7.91. The van der Waals surface area contributed by atoms with E-state index in [1.807, 2.05) is 48.8 Å². The zero-order chi connectivity index (χ0) is 16.8. The summed E-state index contributed by atoms with van der Waals surface area (Å²) < 4.78 is 0. The van der Waals surface area contributed by atoms with E-state index in [9.17, 15) is 0 Å². The maximum Gasteiger partial charge on any atom is 0.262 e. The molecule has 0 heterocycles. The summed E-state index contributed by atoms with van der Waals surface area (Å²) in [4.78, 5) is 9.45. The molecule has 0 aliphatic heterocycles. The molecular weight excluding hydrogens is 300 g/mol. The molecule has 4 heteroatoms. The predicted molar refractivity (Wildman–Crippen MR) is 100 cm³/mol. The van der Waals surface area contributed by atoms with E-state index in [0.29, 0.717) is 11.5 Å². The van der Waals surface area contributed by atoms with Gasteiger partial charge >= 0.3 is 0 Å². The first kappa shape index (κ1) is 16.2. The second kappa shape index (κ2) is 7.77. The normalized spacial score (nSPS) is 21.5. The van der Waals surface area contributed by atoms with Crippen molar-refractivity contribution < 1.29 is 10.2 Å². The topological polar surface area (TPSA) is 70.5 Å².